The van der Waals surface area contributed by atoms with Crippen molar-refractivity contribution < 1.29 is 4.42 Å². The van der Waals surface area contributed by atoms with Gasteiger partial charge in [0, 0.05) is 5.92 Å². The second-order valence-corrected chi connectivity index (χ2v) is 5.34. The number of benzene rings is 1. The first-order valence-corrected chi connectivity index (χ1v) is 6.83. The van der Waals surface area contributed by atoms with Crippen LogP contribution in [0.15, 0.2) is 33.5 Å². The zero-order valence-electron chi connectivity index (χ0n) is 9.87. The molecule has 5 nitrogen and oxygen atoms in total. The van der Waals surface area contributed by atoms with Crippen LogP contribution in [0.4, 0.5) is 0 Å². The molecule has 0 N–H and O–H groups in total. The molecular weight excluding hydrogens is 262 g/mol. The molecule has 2 heterocycles. The first-order chi connectivity index (χ1) is 9.33. The molecule has 0 atom stereocenters. The van der Waals surface area contributed by atoms with Gasteiger partial charge in [0.1, 0.15) is 4.88 Å². The van der Waals surface area contributed by atoms with E-state index in [-0.39, 0.29) is 5.63 Å². The van der Waals surface area contributed by atoms with E-state index in [1.807, 2.05) is 6.07 Å². The lowest BCUT2D eigenvalue weighted by atomic mass is 10.2. The van der Waals surface area contributed by atoms with Crippen molar-refractivity contribution in [3.63, 3.8) is 0 Å². The molecule has 1 fully saturated rings. The fraction of sp³-hybridized carbons (Fsp3) is 0.231. The molecule has 94 valence electrons. The van der Waals surface area contributed by atoms with Crippen LogP contribution in [0, 0.1) is 0 Å². The van der Waals surface area contributed by atoms with Gasteiger partial charge in [-0.15, -0.1) is 5.10 Å². The Bertz CT molecular complexity index is 820. The summed E-state index contributed by atoms with van der Waals surface area (Å²) in [7, 11) is 0. The van der Waals surface area contributed by atoms with Crippen molar-refractivity contribution in [2.75, 3.05) is 0 Å². The summed E-state index contributed by atoms with van der Waals surface area (Å²) in [5.41, 5.74) is 1.19. The van der Waals surface area contributed by atoms with Crippen LogP contribution in [0.1, 0.15) is 24.5 Å². The topological polar surface area (TPSA) is 68.9 Å². The highest BCUT2D eigenvalue weighted by atomic mass is 32.1. The third kappa shape index (κ3) is 1.76. The van der Waals surface area contributed by atoms with Crippen LogP contribution in [0.5, 0.6) is 0 Å². The van der Waals surface area contributed by atoms with E-state index in [0.717, 1.165) is 23.4 Å². The fourth-order valence-corrected chi connectivity index (χ4v) is 2.76. The summed E-state index contributed by atoms with van der Waals surface area (Å²) in [6.45, 7) is 0. The van der Waals surface area contributed by atoms with Crippen LogP contribution in [-0.2, 0) is 0 Å². The Morgan fingerprint density at radius 2 is 2.11 bits per heavy atom. The molecule has 4 rings (SSSR count). The largest absolute Gasteiger partial charge is 0.402 e. The molecule has 0 radical (unpaired) electrons. The predicted octanol–water partition coefficient (Wildman–Crippen LogP) is 2.58. The van der Waals surface area contributed by atoms with Crippen LogP contribution < -0.4 is 5.63 Å². The molecule has 0 spiro atoms. The summed E-state index contributed by atoms with van der Waals surface area (Å²) in [5, 5.41) is 4.63. The van der Waals surface area contributed by atoms with Gasteiger partial charge in [0.15, 0.2) is 0 Å². The lowest BCUT2D eigenvalue weighted by molar-refractivity contribution is 0.519. The van der Waals surface area contributed by atoms with E-state index >= 15 is 0 Å². The van der Waals surface area contributed by atoms with E-state index in [1.54, 1.807) is 18.2 Å². The fourth-order valence-electron chi connectivity index (χ4n) is 2.09. The van der Waals surface area contributed by atoms with E-state index in [2.05, 4.69) is 14.6 Å². The van der Waals surface area contributed by atoms with E-state index in [0.29, 0.717) is 22.7 Å². The molecule has 1 aliphatic carbocycles. The third-order valence-corrected chi connectivity index (χ3v) is 3.94. The van der Waals surface area contributed by atoms with Gasteiger partial charge in [-0.1, -0.05) is 16.6 Å². The van der Waals surface area contributed by atoms with Gasteiger partial charge in [-0.05, 0) is 36.5 Å². The first kappa shape index (κ1) is 10.8. The highest BCUT2D eigenvalue weighted by Crippen LogP contribution is 2.43. The quantitative estimate of drug-likeness (QED) is 0.716. The summed E-state index contributed by atoms with van der Waals surface area (Å²) < 4.78 is 9.28. The van der Waals surface area contributed by atoms with Crippen LogP contribution in [0.25, 0.3) is 21.7 Å². The monoisotopic (exact) mass is 271 g/mol. The molecular formula is C13H9N3O2S. The lowest BCUT2D eigenvalue weighted by Crippen LogP contribution is -2.02. The normalized spacial score (nSPS) is 14.9. The van der Waals surface area contributed by atoms with Gasteiger partial charge in [0.2, 0.25) is 5.89 Å². The van der Waals surface area contributed by atoms with E-state index in [1.165, 1.54) is 11.5 Å². The van der Waals surface area contributed by atoms with Crippen molar-refractivity contribution in [3.05, 3.63) is 40.4 Å². The predicted molar refractivity (Wildman–Crippen MR) is 71.2 cm³/mol. The van der Waals surface area contributed by atoms with Crippen LogP contribution >= 0.6 is 11.5 Å². The summed E-state index contributed by atoms with van der Waals surface area (Å²) in [6, 6.07) is 7.17. The van der Waals surface area contributed by atoms with Gasteiger partial charge in [-0.2, -0.15) is 0 Å². The van der Waals surface area contributed by atoms with Crippen molar-refractivity contribution >= 4 is 22.4 Å². The van der Waals surface area contributed by atoms with Crippen LogP contribution in [0.2, 0.25) is 0 Å². The number of para-hydroxylation sites is 1. The Hall–Kier alpha value is -2.08. The van der Waals surface area contributed by atoms with E-state index in [9.17, 15) is 4.79 Å². The molecule has 1 aromatic carbocycles. The second kappa shape index (κ2) is 3.96. The Morgan fingerprint density at radius 1 is 1.26 bits per heavy atom. The van der Waals surface area contributed by atoms with E-state index < -0.39 is 0 Å². The van der Waals surface area contributed by atoms with Crippen molar-refractivity contribution in [2.24, 2.45) is 0 Å². The number of rotatable bonds is 2. The minimum absolute atomic E-state index is 0.334. The average Bonchev–Trinajstić information content (AvgIpc) is 3.16. The second-order valence-electron chi connectivity index (χ2n) is 4.59. The standard InChI is InChI=1S/C13H9N3O2S/c17-13-8-3-1-2-4-9(8)14-12(18-13)11-10(7-5-6-7)15-16-19-11/h1-4,7H,5-6H2. The maximum Gasteiger partial charge on any atom is 0.347 e. The summed E-state index contributed by atoms with van der Waals surface area (Å²) >= 11 is 1.23. The molecule has 19 heavy (non-hydrogen) atoms. The third-order valence-electron chi connectivity index (χ3n) is 3.21. The Morgan fingerprint density at radius 3 is 2.95 bits per heavy atom. The molecule has 2 aromatic heterocycles. The molecule has 0 saturated heterocycles. The Labute approximate surface area is 112 Å². The van der Waals surface area contributed by atoms with Gasteiger partial charge in [-0.25, -0.2) is 9.78 Å². The van der Waals surface area contributed by atoms with Gasteiger partial charge in [-0.3, -0.25) is 0 Å². The smallest absolute Gasteiger partial charge is 0.347 e. The number of fused-ring (bicyclic) bond motifs is 1. The summed E-state index contributed by atoms with van der Waals surface area (Å²) in [4.78, 5) is 17.1. The molecule has 0 unspecified atom stereocenters. The average molecular weight is 271 g/mol. The maximum atomic E-state index is 11.9. The molecule has 1 aliphatic rings. The minimum Gasteiger partial charge on any atom is -0.402 e. The number of aromatic nitrogens is 3. The summed E-state index contributed by atoms with van der Waals surface area (Å²) in [5.74, 6) is 0.785. The first-order valence-electron chi connectivity index (χ1n) is 6.05. The zero-order chi connectivity index (χ0) is 12.8. The molecule has 6 heteroatoms. The SMILES string of the molecule is O=c1oc(-c2snnc2C2CC2)nc2ccccc12. The van der Waals surface area contributed by atoms with E-state index in [4.69, 9.17) is 4.42 Å². The summed E-state index contributed by atoms with van der Waals surface area (Å²) in [6.07, 6.45) is 2.24. The molecule has 0 amide bonds. The van der Waals surface area contributed by atoms with Crippen molar-refractivity contribution in [2.45, 2.75) is 18.8 Å². The molecule has 0 aliphatic heterocycles. The number of hydrogen-bond donors (Lipinski definition) is 0. The van der Waals surface area contributed by atoms with Gasteiger partial charge in [0.05, 0.1) is 16.6 Å². The molecule has 0 bridgehead atoms. The molecule has 1 saturated carbocycles. The number of nitrogens with zero attached hydrogens (tertiary/aromatic N) is 3. The zero-order valence-corrected chi connectivity index (χ0v) is 10.7. The van der Waals surface area contributed by atoms with Gasteiger partial charge >= 0.3 is 5.63 Å². The molecule has 3 aromatic rings. The number of hydrogen-bond acceptors (Lipinski definition) is 6. The Kier molecular flexibility index (Phi) is 2.25. The van der Waals surface area contributed by atoms with Crippen LogP contribution in [-0.4, -0.2) is 14.6 Å². The highest BCUT2D eigenvalue weighted by molar-refractivity contribution is 7.09. The van der Waals surface area contributed by atoms with Crippen molar-refractivity contribution in [1.29, 1.82) is 0 Å². The minimum atomic E-state index is -0.365. The van der Waals surface area contributed by atoms with Gasteiger partial charge in [0.25, 0.3) is 0 Å². The van der Waals surface area contributed by atoms with Gasteiger partial charge < -0.3 is 4.42 Å². The lowest BCUT2D eigenvalue weighted by Gasteiger charge is -2.00. The van der Waals surface area contributed by atoms with Crippen molar-refractivity contribution in [1.82, 2.24) is 14.6 Å². The highest BCUT2D eigenvalue weighted by Gasteiger charge is 2.31. The van der Waals surface area contributed by atoms with Crippen LogP contribution in [0.3, 0.4) is 0 Å². The van der Waals surface area contributed by atoms with Crippen molar-refractivity contribution in [3.8, 4) is 10.8 Å². The maximum absolute atomic E-state index is 11.9. The Balaban J connectivity index is 1.95.